The standard InChI is InChI=1S/C12H16N2O4S/c1-18-6-5-13-4-2-3-9(13)11(15)14-8-19-7-10(14)12(16)17/h2-4,10H,5-8H2,1H3,(H,16,17)/t10-/m0/s1. The molecule has 0 aromatic carbocycles. The van der Waals surface area contributed by atoms with Crippen molar-refractivity contribution in [1.82, 2.24) is 9.47 Å². The summed E-state index contributed by atoms with van der Waals surface area (Å²) in [4.78, 5) is 24.9. The molecule has 0 aliphatic carbocycles. The Balaban J connectivity index is 2.15. The lowest BCUT2D eigenvalue weighted by Crippen LogP contribution is -2.42. The number of nitrogens with zero attached hydrogens (tertiary/aromatic N) is 2. The fourth-order valence-electron chi connectivity index (χ4n) is 1.99. The van der Waals surface area contributed by atoms with Crippen LogP contribution in [-0.2, 0) is 16.1 Å². The highest BCUT2D eigenvalue weighted by Gasteiger charge is 2.35. The number of carboxylic acid groups (broad SMARTS) is 1. The molecule has 0 saturated carbocycles. The number of thioether (sulfide) groups is 1. The Morgan fingerprint density at radius 2 is 2.37 bits per heavy atom. The largest absolute Gasteiger partial charge is 0.480 e. The summed E-state index contributed by atoms with van der Waals surface area (Å²) in [6, 6.07) is 2.75. The van der Waals surface area contributed by atoms with Crippen molar-refractivity contribution in [3.05, 3.63) is 24.0 Å². The van der Waals surface area contributed by atoms with Gasteiger partial charge >= 0.3 is 5.97 Å². The second kappa shape index (κ2) is 6.12. The smallest absolute Gasteiger partial charge is 0.327 e. The molecule has 1 amide bonds. The average Bonchev–Trinajstić information content (AvgIpc) is 3.04. The van der Waals surface area contributed by atoms with Crippen molar-refractivity contribution in [3.63, 3.8) is 0 Å². The van der Waals surface area contributed by atoms with Gasteiger partial charge in [0, 0.05) is 25.6 Å². The van der Waals surface area contributed by atoms with E-state index in [1.54, 1.807) is 30.0 Å². The maximum atomic E-state index is 12.4. The molecule has 0 unspecified atom stereocenters. The zero-order chi connectivity index (χ0) is 13.8. The Morgan fingerprint density at radius 3 is 3.05 bits per heavy atom. The topological polar surface area (TPSA) is 71.8 Å². The van der Waals surface area contributed by atoms with Crippen molar-refractivity contribution in [1.29, 1.82) is 0 Å². The van der Waals surface area contributed by atoms with Gasteiger partial charge in [-0.2, -0.15) is 0 Å². The lowest BCUT2D eigenvalue weighted by Gasteiger charge is -2.21. The molecule has 1 aromatic heterocycles. The average molecular weight is 284 g/mol. The van der Waals surface area contributed by atoms with Gasteiger partial charge < -0.3 is 19.3 Å². The molecule has 1 aromatic rings. The van der Waals surface area contributed by atoms with Gasteiger partial charge in [0.05, 0.1) is 12.5 Å². The number of methoxy groups -OCH3 is 1. The zero-order valence-electron chi connectivity index (χ0n) is 10.6. The van der Waals surface area contributed by atoms with Crippen LogP contribution in [0.1, 0.15) is 10.5 Å². The maximum absolute atomic E-state index is 12.4. The van der Waals surface area contributed by atoms with E-state index in [-0.39, 0.29) is 5.91 Å². The number of aliphatic carboxylic acids is 1. The molecule has 0 radical (unpaired) electrons. The Morgan fingerprint density at radius 1 is 1.58 bits per heavy atom. The first-order chi connectivity index (χ1) is 9.15. The van der Waals surface area contributed by atoms with Crippen LogP contribution in [-0.4, -0.2) is 57.8 Å². The Hall–Kier alpha value is -1.47. The lowest BCUT2D eigenvalue weighted by atomic mass is 10.2. The molecule has 19 heavy (non-hydrogen) atoms. The first kappa shape index (κ1) is 14.0. The van der Waals surface area contributed by atoms with Crippen LogP contribution >= 0.6 is 11.8 Å². The summed E-state index contributed by atoms with van der Waals surface area (Å²) >= 11 is 1.46. The Labute approximate surface area is 115 Å². The molecule has 1 aliphatic heterocycles. The summed E-state index contributed by atoms with van der Waals surface area (Å²) in [6.45, 7) is 1.08. The summed E-state index contributed by atoms with van der Waals surface area (Å²) in [7, 11) is 1.60. The minimum Gasteiger partial charge on any atom is -0.480 e. The molecule has 6 nitrogen and oxygen atoms in total. The molecular formula is C12H16N2O4S. The van der Waals surface area contributed by atoms with Crippen LogP contribution in [0, 0.1) is 0 Å². The number of carbonyl (C=O) groups is 2. The molecule has 1 N–H and O–H groups in total. The van der Waals surface area contributed by atoms with Gasteiger partial charge in [0.15, 0.2) is 0 Å². The number of hydrogen-bond donors (Lipinski definition) is 1. The van der Waals surface area contributed by atoms with Gasteiger partial charge in [-0.15, -0.1) is 11.8 Å². The monoisotopic (exact) mass is 284 g/mol. The van der Waals surface area contributed by atoms with Crippen LogP contribution in [0.3, 0.4) is 0 Å². The van der Waals surface area contributed by atoms with Crippen molar-refractivity contribution in [2.24, 2.45) is 0 Å². The van der Waals surface area contributed by atoms with Gasteiger partial charge in [-0.05, 0) is 12.1 Å². The van der Waals surface area contributed by atoms with Crippen molar-refractivity contribution in [2.75, 3.05) is 25.3 Å². The molecule has 1 saturated heterocycles. The van der Waals surface area contributed by atoms with Crippen LogP contribution in [0.4, 0.5) is 0 Å². The third-order valence-corrected chi connectivity index (χ3v) is 4.03. The molecule has 1 aliphatic rings. The van der Waals surface area contributed by atoms with Crippen LogP contribution in [0.2, 0.25) is 0 Å². The van der Waals surface area contributed by atoms with Crippen LogP contribution in [0.15, 0.2) is 18.3 Å². The number of aromatic nitrogens is 1. The summed E-state index contributed by atoms with van der Waals surface area (Å²) in [5, 5.41) is 9.11. The highest BCUT2D eigenvalue weighted by Crippen LogP contribution is 2.23. The number of rotatable bonds is 5. The van der Waals surface area contributed by atoms with Gasteiger partial charge in [-0.3, -0.25) is 4.79 Å². The van der Waals surface area contributed by atoms with Crippen molar-refractivity contribution in [3.8, 4) is 0 Å². The number of carbonyl (C=O) groups excluding carboxylic acids is 1. The van der Waals surface area contributed by atoms with E-state index in [1.807, 2.05) is 0 Å². The van der Waals surface area contributed by atoms with Crippen molar-refractivity contribution >= 4 is 23.6 Å². The number of hydrogen-bond acceptors (Lipinski definition) is 4. The Bertz CT molecular complexity index is 474. The van der Waals surface area contributed by atoms with Gasteiger partial charge in [-0.1, -0.05) is 0 Å². The van der Waals surface area contributed by atoms with Crippen molar-refractivity contribution < 1.29 is 19.4 Å². The van der Waals surface area contributed by atoms with E-state index in [9.17, 15) is 9.59 Å². The van der Waals surface area contributed by atoms with E-state index in [2.05, 4.69) is 0 Å². The predicted molar refractivity (Wildman–Crippen MR) is 71.2 cm³/mol. The van der Waals surface area contributed by atoms with Crippen LogP contribution < -0.4 is 0 Å². The van der Waals surface area contributed by atoms with Gasteiger partial charge in [0.2, 0.25) is 0 Å². The number of carboxylic acids is 1. The third kappa shape index (κ3) is 2.93. The zero-order valence-corrected chi connectivity index (χ0v) is 11.4. The maximum Gasteiger partial charge on any atom is 0.327 e. The quantitative estimate of drug-likeness (QED) is 0.863. The fourth-order valence-corrected chi connectivity index (χ4v) is 3.13. The Kier molecular flexibility index (Phi) is 4.49. The van der Waals surface area contributed by atoms with E-state index < -0.39 is 12.0 Å². The summed E-state index contributed by atoms with van der Waals surface area (Å²) in [6.07, 6.45) is 1.80. The second-order valence-corrected chi connectivity index (χ2v) is 5.21. The molecule has 7 heteroatoms. The molecular weight excluding hydrogens is 268 g/mol. The SMILES string of the molecule is COCCn1cccc1C(=O)N1CSC[C@H]1C(=O)O. The van der Waals surface area contributed by atoms with Crippen molar-refractivity contribution in [2.45, 2.75) is 12.6 Å². The molecule has 1 fully saturated rings. The van der Waals surface area contributed by atoms with E-state index in [0.717, 1.165) is 0 Å². The summed E-state index contributed by atoms with van der Waals surface area (Å²) in [5.41, 5.74) is 0.505. The highest BCUT2D eigenvalue weighted by molar-refractivity contribution is 7.99. The summed E-state index contributed by atoms with van der Waals surface area (Å²) in [5.74, 6) is -0.322. The lowest BCUT2D eigenvalue weighted by molar-refractivity contribution is -0.140. The molecule has 2 rings (SSSR count). The second-order valence-electron chi connectivity index (χ2n) is 4.21. The first-order valence-corrected chi connectivity index (χ1v) is 7.06. The van der Waals surface area contributed by atoms with Gasteiger partial charge in [-0.25, -0.2) is 4.79 Å². The predicted octanol–water partition coefficient (Wildman–Crippen LogP) is 0.734. The minimum atomic E-state index is -0.951. The van der Waals surface area contributed by atoms with Gasteiger partial charge in [0.25, 0.3) is 5.91 Å². The van der Waals surface area contributed by atoms with E-state index in [1.165, 1.54) is 16.7 Å². The fraction of sp³-hybridized carbons (Fsp3) is 0.500. The number of ether oxygens (including phenoxy) is 1. The third-order valence-electron chi connectivity index (χ3n) is 3.01. The van der Waals surface area contributed by atoms with E-state index in [4.69, 9.17) is 9.84 Å². The molecule has 104 valence electrons. The van der Waals surface area contributed by atoms with Gasteiger partial charge in [0.1, 0.15) is 11.7 Å². The molecule has 0 spiro atoms. The first-order valence-electron chi connectivity index (χ1n) is 5.90. The number of amides is 1. The molecule has 2 heterocycles. The molecule has 1 atom stereocenters. The van der Waals surface area contributed by atoms with Crippen LogP contribution in [0.25, 0.3) is 0 Å². The highest BCUT2D eigenvalue weighted by atomic mass is 32.2. The van der Waals surface area contributed by atoms with E-state index in [0.29, 0.717) is 30.5 Å². The van der Waals surface area contributed by atoms with Crippen LogP contribution in [0.5, 0.6) is 0 Å². The minimum absolute atomic E-state index is 0.237. The normalized spacial score (nSPS) is 18.8. The summed E-state index contributed by atoms with van der Waals surface area (Å²) < 4.78 is 6.78. The molecule has 0 bridgehead atoms. The van der Waals surface area contributed by atoms with E-state index >= 15 is 0 Å².